The van der Waals surface area contributed by atoms with Crippen molar-refractivity contribution in [3.63, 3.8) is 0 Å². The van der Waals surface area contributed by atoms with Gasteiger partial charge in [0, 0.05) is 25.2 Å². The minimum atomic E-state index is -0.505. The lowest BCUT2D eigenvalue weighted by molar-refractivity contribution is 0.0507. The fourth-order valence-electron chi connectivity index (χ4n) is 3.22. The summed E-state index contributed by atoms with van der Waals surface area (Å²) >= 11 is 0. The maximum absolute atomic E-state index is 12.0. The molecule has 0 radical (unpaired) electrons. The Morgan fingerprint density at radius 3 is 2.74 bits per heavy atom. The molecule has 2 aromatic rings. The Labute approximate surface area is 200 Å². The number of oxazole rings is 1. The van der Waals surface area contributed by atoms with Gasteiger partial charge >= 0.3 is 6.09 Å². The van der Waals surface area contributed by atoms with Crippen LogP contribution in [-0.2, 0) is 11.3 Å². The van der Waals surface area contributed by atoms with Crippen LogP contribution in [0.15, 0.2) is 46.0 Å². The molecule has 0 spiro atoms. The molecule has 1 fully saturated rings. The van der Waals surface area contributed by atoms with E-state index in [-0.39, 0.29) is 36.1 Å². The number of nitrogens with zero attached hydrogens (tertiary/aromatic N) is 3. The molecular formula is C22H32IN5O3. The predicted molar refractivity (Wildman–Crippen MR) is 132 cm³/mol. The number of halogens is 1. The first kappa shape index (κ1) is 25.0. The van der Waals surface area contributed by atoms with E-state index in [1.807, 2.05) is 58.0 Å². The Balaban J connectivity index is 0.00000341. The van der Waals surface area contributed by atoms with E-state index < -0.39 is 5.60 Å². The van der Waals surface area contributed by atoms with Crippen LogP contribution in [0.25, 0.3) is 11.5 Å². The fourth-order valence-corrected chi connectivity index (χ4v) is 3.22. The Morgan fingerprint density at radius 1 is 1.32 bits per heavy atom. The first-order valence-electron chi connectivity index (χ1n) is 10.4. The molecule has 1 aliphatic heterocycles. The highest BCUT2D eigenvalue weighted by Gasteiger charge is 2.27. The standard InChI is InChI=1S/C22H31N5O3.HI/c1-5-23-20(27-12-11-17(14-27)26-21(28)30-22(2,3)4)24-13-18-15-29-19(25-18)16-9-7-6-8-10-16;/h6-10,15,17H,5,11-14H2,1-4H3,(H,23,24)(H,26,28);1H. The molecule has 1 aromatic heterocycles. The zero-order valence-electron chi connectivity index (χ0n) is 18.6. The summed E-state index contributed by atoms with van der Waals surface area (Å²) in [7, 11) is 0. The lowest BCUT2D eigenvalue weighted by Gasteiger charge is -2.23. The highest BCUT2D eigenvalue weighted by molar-refractivity contribution is 14.0. The number of aliphatic imine (C=N–C) groups is 1. The molecule has 170 valence electrons. The van der Waals surface area contributed by atoms with E-state index in [2.05, 4.69) is 20.5 Å². The molecule has 1 aromatic carbocycles. The van der Waals surface area contributed by atoms with E-state index in [9.17, 15) is 4.79 Å². The second-order valence-corrected chi connectivity index (χ2v) is 8.26. The van der Waals surface area contributed by atoms with Crippen molar-refractivity contribution in [2.45, 2.75) is 52.3 Å². The van der Waals surface area contributed by atoms with Crippen LogP contribution < -0.4 is 10.6 Å². The highest BCUT2D eigenvalue weighted by atomic mass is 127. The average molecular weight is 541 g/mol. The molecule has 2 heterocycles. The monoisotopic (exact) mass is 541 g/mol. The third kappa shape index (κ3) is 7.71. The molecule has 1 amide bonds. The Kier molecular flexibility index (Phi) is 9.15. The third-order valence-electron chi connectivity index (χ3n) is 4.51. The Hall–Kier alpha value is -2.30. The second kappa shape index (κ2) is 11.4. The highest BCUT2D eigenvalue weighted by Crippen LogP contribution is 2.18. The van der Waals surface area contributed by atoms with Gasteiger partial charge in [-0.25, -0.2) is 14.8 Å². The number of likely N-dealkylation sites (tertiary alicyclic amines) is 1. The van der Waals surface area contributed by atoms with E-state index in [1.165, 1.54) is 0 Å². The average Bonchev–Trinajstić information content (AvgIpc) is 3.34. The van der Waals surface area contributed by atoms with Crippen LogP contribution in [0.2, 0.25) is 0 Å². The van der Waals surface area contributed by atoms with Crippen LogP contribution in [0.1, 0.15) is 39.8 Å². The minimum absolute atomic E-state index is 0. The number of carbonyl (C=O) groups is 1. The molecule has 0 bridgehead atoms. The Morgan fingerprint density at radius 2 is 2.06 bits per heavy atom. The lowest BCUT2D eigenvalue weighted by atomic mass is 10.2. The smallest absolute Gasteiger partial charge is 0.407 e. The van der Waals surface area contributed by atoms with E-state index in [0.29, 0.717) is 19.0 Å². The van der Waals surface area contributed by atoms with Gasteiger partial charge in [-0.2, -0.15) is 0 Å². The lowest BCUT2D eigenvalue weighted by Crippen LogP contribution is -2.44. The first-order valence-corrected chi connectivity index (χ1v) is 10.4. The molecule has 1 saturated heterocycles. The summed E-state index contributed by atoms with van der Waals surface area (Å²) in [6, 6.07) is 9.82. The van der Waals surface area contributed by atoms with Gasteiger partial charge in [0.15, 0.2) is 5.96 Å². The van der Waals surface area contributed by atoms with Crippen molar-refractivity contribution in [2.24, 2.45) is 4.99 Å². The number of rotatable bonds is 5. The zero-order valence-corrected chi connectivity index (χ0v) is 20.9. The van der Waals surface area contributed by atoms with Crippen molar-refractivity contribution in [3.8, 4) is 11.5 Å². The van der Waals surface area contributed by atoms with Crippen molar-refractivity contribution in [2.75, 3.05) is 19.6 Å². The fraction of sp³-hybridized carbons (Fsp3) is 0.500. The van der Waals surface area contributed by atoms with E-state index >= 15 is 0 Å². The summed E-state index contributed by atoms with van der Waals surface area (Å²) in [5.74, 6) is 1.39. The zero-order chi connectivity index (χ0) is 21.6. The van der Waals surface area contributed by atoms with Gasteiger partial charge in [-0.15, -0.1) is 24.0 Å². The van der Waals surface area contributed by atoms with Crippen LogP contribution >= 0.6 is 24.0 Å². The SMILES string of the molecule is CCNC(=NCc1coc(-c2ccccc2)n1)N1CCC(NC(=O)OC(C)(C)C)C1.I. The van der Waals surface area contributed by atoms with Gasteiger partial charge in [0.1, 0.15) is 17.6 Å². The summed E-state index contributed by atoms with van der Waals surface area (Å²) in [6.07, 6.45) is 2.10. The number of aromatic nitrogens is 1. The molecule has 1 aliphatic rings. The van der Waals surface area contributed by atoms with E-state index in [1.54, 1.807) is 6.26 Å². The maximum Gasteiger partial charge on any atom is 0.407 e. The van der Waals surface area contributed by atoms with E-state index in [0.717, 1.165) is 36.7 Å². The molecule has 1 atom stereocenters. The summed E-state index contributed by atoms with van der Waals surface area (Å²) in [4.78, 5) is 23.4. The number of alkyl carbamates (subject to hydrolysis) is 1. The van der Waals surface area contributed by atoms with Crippen molar-refractivity contribution in [1.82, 2.24) is 20.5 Å². The van der Waals surface area contributed by atoms with Crippen LogP contribution in [0, 0.1) is 0 Å². The van der Waals surface area contributed by atoms with Crippen molar-refractivity contribution in [3.05, 3.63) is 42.3 Å². The number of amides is 1. The summed E-state index contributed by atoms with van der Waals surface area (Å²) in [6.45, 7) is 10.3. The summed E-state index contributed by atoms with van der Waals surface area (Å²) in [5.41, 5.74) is 1.21. The van der Waals surface area contributed by atoms with Crippen molar-refractivity contribution < 1.29 is 13.9 Å². The Bertz CT molecular complexity index is 864. The van der Waals surface area contributed by atoms with Gasteiger partial charge in [-0.05, 0) is 46.2 Å². The molecule has 0 saturated carbocycles. The molecular weight excluding hydrogens is 509 g/mol. The molecule has 2 N–H and O–H groups in total. The number of benzene rings is 1. The van der Waals surface area contributed by atoms with Gasteiger partial charge < -0.3 is 24.7 Å². The largest absolute Gasteiger partial charge is 0.444 e. The number of ether oxygens (including phenoxy) is 1. The van der Waals surface area contributed by atoms with Gasteiger partial charge in [0.2, 0.25) is 5.89 Å². The molecule has 0 aliphatic carbocycles. The van der Waals surface area contributed by atoms with E-state index in [4.69, 9.17) is 14.1 Å². The first-order chi connectivity index (χ1) is 14.3. The van der Waals surface area contributed by atoms with Gasteiger partial charge in [0.25, 0.3) is 0 Å². The normalized spacial score (nSPS) is 16.6. The van der Waals surface area contributed by atoms with Gasteiger partial charge in [-0.1, -0.05) is 18.2 Å². The van der Waals surface area contributed by atoms with Crippen LogP contribution in [0.4, 0.5) is 4.79 Å². The predicted octanol–water partition coefficient (Wildman–Crippen LogP) is 4.02. The molecule has 9 heteroatoms. The summed E-state index contributed by atoms with van der Waals surface area (Å²) < 4.78 is 10.9. The number of guanidine groups is 1. The second-order valence-electron chi connectivity index (χ2n) is 8.26. The van der Waals surface area contributed by atoms with Crippen molar-refractivity contribution in [1.29, 1.82) is 0 Å². The van der Waals surface area contributed by atoms with Crippen LogP contribution in [0.3, 0.4) is 0 Å². The third-order valence-corrected chi connectivity index (χ3v) is 4.51. The molecule has 31 heavy (non-hydrogen) atoms. The summed E-state index contributed by atoms with van der Waals surface area (Å²) in [5, 5.41) is 6.26. The van der Waals surface area contributed by atoms with Crippen molar-refractivity contribution >= 4 is 36.0 Å². The molecule has 8 nitrogen and oxygen atoms in total. The van der Waals surface area contributed by atoms with Crippen LogP contribution in [0.5, 0.6) is 0 Å². The number of carbonyl (C=O) groups excluding carboxylic acids is 1. The topological polar surface area (TPSA) is 92.0 Å². The van der Waals surface area contributed by atoms with Crippen LogP contribution in [-0.4, -0.2) is 53.2 Å². The molecule has 3 rings (SSSR count). The maximum atomic E-state index is 12.0. The molecule has 1 unspecified atom stereocenters. The quantitative estimate of drug-likeness (QED) is 0.338. The number of nitrogens with one attached hydrogen (secondary N) is 2. The van der Waals surface area contributed by atoms with Gasteiger partial charge in [-0.3, -0.25) is 0 Å². The number of hydrogen-bond acceptors (Lipinski definition) is 5. The minimum Gasteiger partial charge on any atom is -0.444 e. The van der Waals surface area contributed by atoms with Gasteiger partial charge in [0.05, 0.1) is 12.6 Å². The number of hydrogen-bond donors (Lipinski definition) is 2.